The topological polar surface area (TPSA) is 102 Å². The molecule has 0 aliphatic rings. The van der Waals surface area contributed by atoms with Crippen molar-refractivity contribution >= 4 is 11.9 Å². The predicted octanol–water partition coefficient (Wildman–Crippen LogP) is 0.356. The largest absolute Gasteiger partial charge is 0.480 e. The quantitative estimate of drug-likeness (QED) is 0.519. The standard InChI is InChI=1S/C12H24N2O4/c1-8(2)7-10(12(16)17)14-11(15)9(13)5-4-6-18-3/h8-10H,4-7,13H2,1-3H3,(H,14,15)(H,16,17)/t9?,10-/m1/s1. The van der Waals surface area contributed by atoms with E-state index in [2.05, 4.69) is 5.32 Å². The van der Waals surface area contributed by atoms with E-state index in [0.29, 0.717) is 25.9 Å². The Morgan fingerprint density at radius 2 is 2.00 bits per heavy atom. The third-order valence-electron chi connectivity index (χ3n) is 2.52. The number of aliphatic carboxylic acids is 1. The number of rotatable bonds is 9. The Bertz CT molecular complexity index is 269. The van der Waals surface area contributed by atoms with E-state index in [9.17, 15) is 9.59 Å². The van der Waals surface area contributed by atoms with Crippen LogP contribution in [0.5, 0.6) is 0 Å². The van der Waals surface area contributed by atoms with E-state index in [1.54, 1.807) is 7.11 Å². The number of nitrogens with one attached hydrogen (secondary N) is 1. The van der Waals surface area contributed by atoms with Crippen molar-refractivity contribution in [2.75, 3.05) is 13.7 Å². The second kappa shape index (κ2) is 8.88. The highest BCUT2D eigenvalue weighted by molar-refractivity contribution is 5.86. The van der Waals surface area contributed by atoms with Crippen LogP contribution in [-0.2, 0) is 14.3 Å². The molecule has 106 valence electrons. The van der Waals surface area contributed by atoms with Crippen molar-refractivity contribution in [2.24, 2.45) is 11.7 Å². The van der Waals surface area contributed by atoms with E-state index in [1.165, 1.54) is 0 Å². The van der Waals surface area contributed by atoms with Gasteiger partial charge in [0, 0.05) is 13.7 Å². The van der Waals surface area contributed by atoms with Gasteiger partial charge in [-0.25, -0.2) is 4.79 Å². The SMILES string of the molecule is COCCCC(N)C(=O)N[C@H](CC(C)C)C(=O)O. The van der Waals surface area contributed by atoms with Crippen molar-refractivity contribution < 1.29 is 19.4 Å². The van der Waals surface area contributed by atoms with E-state index < -0.39 is 24.0 Å². The van der Waals surface area contributed by atoms with Gasteiger partial charge in [0.05, 0.1) is 6.04 Å². The number of nitrogens with two attached hydrogens (primary N) is 1. The van der Waals surface area contributed by atoms with Crippen molar-refractivity contribution in [3.8, 4) is 0 Å². The summed E-state index contributed by atoms with van der Waals surface area (Å²) < 4.78 is 4.86. The number of hydrogen-bond acceptors (Lipinski definition) is 4. The van der Waals surface area contributed by atoms with Gasteiger partial charge in [-0.05, 0) is 25.2 Å². The maximum Gasteiger partial charge on any atom is 0.326 e. The zero-order valence-electron chi connectivity index (χ0n) is 11.3. The van der Waals surface area contributed by atoms with Gasteiger partial charge < -0.3 is 20.9 Å². The van der Waals surface area contributed by atoms with Gasteiger partial charge in [0.15, 0.2) is 0 Å². The summed E-state index contributed by atoms with van der Waals surface area (Å²) >= 11 is 0. The second-order valence-corrected chi connectivity index (χ2v) is 4.77. The van der Waals surface area contributed by atoms with Gasteiger partial charge in [0.25, 0.3) is 0 Å². The van der Waals surface area contributed by atoms with Crippen LogP contribution in [0.15, 0.2) is 0 Å². The van der Waals surface area contributed by atoms with Crippen molar-refractivity contribution in [3.05, 3.63) is 0 Å². The molecule has 0 saturated carbocycles. The van der Waals surface area contributed by atoms with Gasteiger partial charge in [0.1, 0.15) is 6.04 Å². The van der Waals surface area contributed by atoms with Gasteiger partial charge in [-0.3, -0.25) is 4.79 Å². The fourth-order valence-corrected chi connectivity index (χ4v) is 1.55. The number of hydrogen-bond donors (Lipinski definition) is 3. The van der Waals surface area contributed by atoms with Gasteiger partial charge in [-0.2, -0.15) is 0 Å². The molecule has 2 atom stereocenters. The zero-order valence-corrected chi connectivity index (χ0v) is 11.3. The van der Waals surface area contributed by atoms with Crippen LogP contribution in [0.4, 0.5) is 0 Å². The molecule has 0 bridgehead atoms. The molecule has 1 amide bonds. The first-order chi connectivity index (χ1) is 8.38. The van der Waals surface area contributed by atoms with Gasteiger partial charge in [-0.15, -0.1) is 0 Å². The molecule has 0 rings (SSSR count). The number of carbonyl (C=O) groups is 2. The van der Waals surface area contributed by atoms with Crippen LogP contribution in [0.1, 0.15) is 33.1 Å². The summed E-state index contributed by atoms with van der Waals surface area (Å²) in [7, 11) is 1.58. The highest BCUT2D eigenvalue weighted by atomic mass is 16.5. The molecule has 18 heavy (non-hydrogen) atoms. The highest BCUT2D eigenvalue weighted by Crippen LogP contribution is 2.05. The van der Waals surface area contributed by atoms with Crippen LogP contribution in [-0.4, -0.2) is 42.8 Å². The second-order valence-electron chi connectivity index (χ2n) is 4.77. The monoisotopic (exact) mass is 260 g/mol. The predicted molar refractivity (Wildman–Crippen MR) is 68.1 cm³/mol. The summed E-state index contributed by atoms with van der Waals surface area (Å²) in [5.41, 5.74) is 5.68. The number of ether oxygens (including phenoxy) is 1. The Morgan fingerprint density at radius 3 is 2.44 bits per heavy atom. The fraction of sp³-hybridized carbons (Fsp3) is 0.833. The van der Waals surface area contributed by atoms with Gasteiger partial charge in [-0.1, -0.05) is 13.8 Å². The van der Waals surface area contributed by atoms with Crippen LogP contribution in [0.3, 0.4) is 0 Å². The molecule has 0 heterocycles. The Kier molecular flexibility index (Phi) is 8.32. The number of amides is 1. The summed E-state index contributed by atoms with van der Waals surface area (Å²) in [4.78, 5) is 22.7. The lowest BCUT2D eigenvalue weighted by Gasteiger charge is -2.19. The molecule has 0 aromatic rings. The van der Waals surface area contributed by atoms with Crippen molar-refractivity contribution in [1.29, 1.82) is 0 Å². The lowest BCUT2D eigenvalue weighted by Crippen LogP contribution is -2.48. The summed E-state index contributed by atoms with van der Waals surface area (Å²) in [6.45, 7) is 4.34. The Hall–Kier alpha value is -1.14. The molecule has 0 fully saturated rings. The third-order valence-corrected chi connectivity index (χ3v) is 2.52. The van der Waals surface area contributed by atoms with Crippen molar-refractivity contribution in [3.63, 3.8) is 0 Å². The number of carbonyl (C=O) groups excluding carboxylic acids is 1. The van der Waals surface area contributed by atoms with Gasteiger partial charge in [0.2, 0.25) is 5.91 Å². The first-order valence-electron chi connectivity index (χ1n) is 6.16. The summed E-state index contributed by atoms with van der Waals surface area (Å²) in [6.07, 6.45) is 1.55. The first-order valence-corrected chi connectivity index (χ1v) is 6.16. The van der Waals surface area contributed by atoms with Crippen molar-refractivity contribution in [1.82, 2.24) is 5.32 Å². The van der Waals surface area contributed by atoms with Crippen LogP contribution in [0.25, 0.3) is 0 Å². The van der Waals surface area contributed by atoms with E-state index in [1.807, 2.05) is 13.8 Å². The molecule has 4 N–H and O–H groups in total. The molecule has 6 heteroatoms. The van der Waals surface area contributed by atoms with E-state index >= 15 is 0 Å². The molecule has 1 unspecified atom stereocenters. The van der Waals surface area contributed by atoms with E-state index in [0.717, 1.165) is 0 Å². The lowest BCUT2D eigenvalue weighted by molar-refractivity contribution is -0.142. The Labute approximate surface area is 108 Å². The number of carboxylic acid groups (broad SMARTS) is 1. The van der Waals surface area contributed by atoms with Crippen molar-refractivity contribution in [2.45, 2.75) is 45.2 Å². The molecule has 0 aliphatic heterocycles. The molecule has 0 spiro atoms. The molecule has 0 aromatic carbocycles. The minimum absolute atomic E-state index is 0.191. The molecule has 0 aliphatic carbocycles. The number of methoxy groups -OCH3 is 1. The molecular formula is C12H24N2O4. The Balaban J connectivity index is 4.19. The normalized spacial score (nSPS) is 14.3. The van der Waals surface area contributed by atoms with Crippen LogP contribution >= 0.6 is 0 Å². The molecule has 6 nitrogen and oxygen atoms in total. The number of carboxylic acids is 1. The summed E-state index contributed by atoms with van der Waals surface area (Å²) in [5.74, 6) is -1.25. The van der Waals surface area contributed by atoms with Crippen LogP contribution in [0.2, 0.25) is 0 Å². The van der Waals surface area contributed by atoms with E-state index in [4.69, 9.17) is 15.6 Å². The van der Waals surface area contributed by atoms with Gasteiger partial charge >= 0.3 is 5.97 Å². The fourth-order valence-electron chi connectivity index (χ4n) is 1.55. The van der Waals surface area contributed by atoms with Crippen LogP contribution < -0.4 is 11.1 Å². The maximum atomic E-state index is 11.7. The highest BCUT2D eigenvalue weighted by Gasteiger charge is 2.23. The molecule has 0 saturated heterocycles. The summed E-state index contributed by atoms with van der Waals surface area (Å²) in [6, 6.07) is -1.56. The third kappa shape index (κ3) is 7.24. The average Bonchev–Trinajstić information content (AvgIpc) is 2.27. The lowest BCUT2D eigenvalue weighted by atomic mass is 10.0. The molecule has 0 aromatic heterocycles. The van der Waals surface area contributed by atoms with Crippen LogP contribution in [0, 0.1) is 5.92 Å². The zero-order chi connectivity index (χ0) is 14.1. The minimum Gasteiger partial charge on any atom is -0.480 e. The minimum atomic E-state index is -1.03. The van der Waals surface area contributed by atoms with E-state index in [-0.39, 0.29) is 5.92 Å². The first kappa shape index (κ1) is 16.9. The Morgan fingerprint density at radius 1 is 1.39 bits per heavy atom. The molecule has 0 radical (unpaired) electrons. The molecular weight excluding hydrogens is 236 g/mol. The smallest absolute Gasteiger partial charge is 0.326 e. The average molecular weight is 260 g/mol. The summed E-state index contributed by atoms with van der Waals surface area (Å²) in [5, 5.41) is 11.5. The maximum absolute atomic E-state index is 11.7.